The first-order chi connectivity index (χ1) is 6.31. The second-order valence-electron chi connectivity index (χ2n) is 2.24. The van der Waals surface area contributed by atoms with Gasteiger partial charge in [0.2, 0.25) is 6.08 Å². The molecule has 13 heavy (non-hydrogen) atoms. The predicted octanol–water partition coefficient (Wildman–Crippen LogP) is 1.67. The molecular formula is C9H9NO3. The van der Waals surface area contributed by atoms with Crippen molar-refractivity contribution in [3.8, 4) is 11.5 Å². The molecule has 0 aliphatic heterocycles. The number of ether oxygens (including phenoxy) is 2. The maximum absolute atomic E-state index is 10.0. The molecule has 1 aromatic carbocycles. The van der Waals surface area contributed by atoms with E-state index in [0.29, 0.717) is 17.2 Å². The number of isocyanates is 1. The lowest BCUT2D eigenvalue weighted by Crippen LogP contribution is -1.86. The van der Waals surface area contributed by atoms with Crippen LogP contribution >= 0.6 is 0 Å². The maximum Gasteiger partial charge on any atom is 0.240 e. The molecule has 0 aliphatic carbocycles. The lowest BCUT2D eigenvalue weighted by atomic mass is 10.3. The van der Waals surface area contributed by atoms with Crippen LogP contribution in [0.15, 0.2) is 23.2 Å². The summed E-state index contributed by atoms with van der Waals surface area (Å²) in [7, 11) is 3.05. The molecule has 0 fully saturated rings. The Hall–Kier alpha value is -1.80. The Bertz CT molecular complexity index is 343. The van der Waals surface area contributed by atoms with Crippen LogP contribution in [0.25, 0.3) is 0 Å². The van der Waals surface area contributed by atoms with Gasteiger partial charge in [-0.05, 0) is 12.1 Å². The molecule has 0 bridgehead atoms. The van der Waals surface area contributed by atoms with Gasteiger partial charge in [-0.3, -0.25) is 0 Å². The molecule has 4 nitrogen and oxygen atoms in total. The summed E-state index contributed by atoms with van der Waals surface area (Å²) in [5, 5.41) is 0. The van der Waals surface area contributed by atoms with E-state index < -0.39 is 0 Å². The number of methoxy groups -OCH3 is 2. The number of nitrogens with zero attached hydrogens (tertiary/aromatic N) is 1. The summed E-state index contributed by atoms with van der Waals surface area (Å²) in [4.78, 5) is 13.5. The highest BCUT2D eigenvalue weighted by Gasteiger charge is 2.02. The number of rotatable bonds is 3. The minimum atomic E-state index is 0.443. The van der Waals surface area contributed by atoms with Crippen LogP contribution in [0.4, 0.5) is 5.69 Å². The number of hydrogen-bond donors (Lipinski definition) is 0. The maximum atomic E-state index is 10.0. The van der Waals surface area contributed by atoms with Crippen LogP contribution in [0.5, 0.6) is 11.5 Å². The van der Waals surface area contributed by atoms with E-state index in [2.05, 4.69) is 4.99 Å². The minimum absolute atomic E-state index is 0.443. The molecule has 1 rings (SSSR count). The molecule has 0 radical (unpaired) electrons. The number of benzene rings is 1. The summed E-state index contributed by atoms with van der Waals surface area (Å²) in [6.07, 6.45) is 1.45. The molecule has 0 aliphatic rings. The zero-order chi connectivity index (χ0) is 9.68. The predicted molar refractivity (Wildman–Crippen MR) is 47.3 cm³/mol. The van der Waals surface area contributed by atoms with Gasteiger partial charge in [0, 0.05) is 6.07 Å². The first-order valence-electron chi connectivity index (χ1n) is 3.61. The highest BCUT2D eigenvalue weighted by Crippen LogP contribution is 2.30. The van der Waals surface area contributed by atoms with Crippen molar-refractivity contribution in [2.45, 2.75) is 0 Å². The third kappa shape index (κ3) is 2.07. The van der Waals surface area contributed by atoms with Crippen molar-refractivity contribution in [3.63, 3.8) is 0 Å². The summed E-state index contributed by atoms with van der Waals surface area (Å²) in [6.45, 7) is 0. The highest BCUT2D eigenvalue weighted by molar-refractivity contribution is 5.59. The second kappa shape index (κ2) is 4.28. The summed E-state index contributed by atoms with van der Waals surface area (Å²) < 4.78 is 9.96. The third-order valence-electron chi connectivity index (χ3n) is 1.55. The molecule has 0 heterocycles. The second-order valence-corrected chi connectivity index (χ2v) is 2.24. The van der Waals surface area contributed by atoms with Crippen LogP contribution in [0.3, 0.4) is 0 Å². The van der Waals surface area contributed by atoms with Crippen molar-refractivity contribution in [1.82, 2.24) is 0 Å². The Morgan fingerprint density at radius 1 is 1.31 bits per heavy atom. The molecule has 0 saturated carbocycles. The topological polar surface area (TPSA) is 47.9 Å². The van der Waals surface area contributed by atoms with Gasteiger partial charge in [-0.1, -0.05) is 0 Å². The summed E-state index contributed by atoms with van der Waals surface area (Å²) >= 11 is 0. The van der Waals surface area contributed by atoms with Gasteiger partial charge < -0.3 is 9.47 Å². The van der Waals surface area contributed by atoms with Gasteiger partial charge in [0.15, 0.2) is 0 Å². The Balaban J connectivity index is 3.15. The normalized spacial score (nSPS) is 8.77. The fourth-order valence-electron chi connectivity index (χ4n) is 0.926. The standard InChI is InChI=1S/C9H9NO3/c1-12-7-3-4-8(10-6-11)9(5-7)13-2/h3-5H,1-2H3. The van der Waals surface area contributed by atoms with Crippen molar-refractivity contribution in [2.24, 2.45) is 4.99 Å². The fourth-order valence-corrected chi connectivity index (χ4v) is 0.926. The molecule has 68 valence electrons. The SMILES string of the molecule is COc1ccc(N=C=O)c(OC)c1. The first kappa shape index (κ1) is 9.29. The van der Waals surface area contributed by atoms with Crippen molar-refractivity contribution in [2.75, 3.05) is 14.2 Å². The zero-order valence-corrected chi connectivity index (χ0v) is 7.40. The van der Waals surface area contributed by atoms with Crippen LogP contribution in [0.1, 0.15) is 0 Å². The number of carbonyl (C=O) groups excluding carboxylic acids is 1. The molecule has 1 aromatic rings. The van der Waals surface area contributed by atoms with Crippen molar-refractivity contribution in [3.05, 3.63) is 18.2 Å². The third-order valence-corrected chi connectivity index (χ3v) is 1.55. The Labute approximate surface area is 75.8 Å². The van der Waals surface area contributed by atoms with E-state index in [4.69, 9.17) is 9.47 Å². The zero-order valence-electron chi connectivity index (χ0n) is 7.40. The van der Waals surface area contributed by atoms with Crippen molar-refractivity contribution in [1.29, 1.82) is 0 Å². The van der Waals surface area contributed by atoms with Gasteiger partial charge in [0.25, 0.3) is 0 Å². The van der Waals surface area contributed by atoms with Crippen molar-refractivity contribution >= 4 is 11.8 Å². The Morgan fingerprint density at radius 3 is 2.62 bits per heavy atom. The molecule has 0 N–H and O–H groups in total. The molecular weight excluding hydrogens is 170 g/mol. The van der Waals surface area contributed by atoms with E-state index in [1.807, 2.05) is 0 Å². The van der Waals surface area contributed by atoms with E-state index in [0.717, 1.165) is 0 Å². The lowest BCUT2D eigenvalue weighted by molar-refractivity contribution is 0.395. The van der Waals surface area contributed by atoms with Gasteiger partial charge in [-0.25, -0.2) is 4.79 Å². The van der Waals surface area contributed by atoms with Gasteiger partial charge >= 0.3 is 0 Å². The average molecular weight is 179 g/mol. The fraction of sp³-hybridized carbons (Fsp3) is 0.222. The number of aliphatic imine (C=N–C) groups is 1. The van der Waals surface area contributed by atoms with Crippen molar-refractivity contribution < 1.29 is 14.3 Å². The number of hydrogen-bond acceptors (Lipinski definition) is 4. The van der Waals surface area contributed by atoms with E-state index in [9.17, 15) is 4.79 Å². The average Bonchev–Trinajstić information content (AvgIpc) is 2.19. The van der Waals surface area contributed by atoms with Crippen LogP contribution in [0, 0.1) is 0 Å². The lowest BCUT2D eigenvalue weighted by Gasteiger charge is -2.05. The van der Waals surface area contributed by atoms with E-state index in [1.54, 1.807) is 25.3 Å². The van der Waals surface area contributed by atoms with Gasteiger partial charge in [0.05, 0.1) is 14.2 Å². The molecule has 0 spiro atoms. The van der Waals surface area contributed by atoms with E-state index in [-0.39, 0.29) is 0 Å². The molecule has 0 unspecified atom stereocenters. The monoisotopic (exact) mass is 179 g/mol. The summed E-state index contributed by atoms with van der Waals surface area (Å²) in [5.74, 6) is 1.14. The molecule has 0 atom stereocenters. The van der Waals surface area contributed by atoms with Gasteiger partial charge in [0.1, 0.15) is 17.2 Å². The van der Waals surface area contributed by atoms with Gasteiger partial charge in [-0.15, -0.1) is 0 Å². The van der Waals surface area contributed by atoms with Crippen LogP contribution < -0.4 is 9.47 Å². The smallest absolute Gasteiger partial charge is 0.240 e. The highest BCUT2D eigenvalue weighted by atomic mass is 16.5. The quantitative estimate of drug-likeness (QED) is 0.523. The van der Waals surface area contributed by atoms with Gasteiger partial charge in [-0.2, -0.15) is 4.99 Å². The van der Waals surface area contributed by atoms with Crippen LogP contribution in [0.2, 0.25) is 0 Å². The Kier molecular flexibility index (Phi) is 3.06. The summed E-state index contributed by atoms with van der Waals surface area (Å²) in [6, 6.07) is 4.97. The Morgan fingerprint density at radius 2 is 2.08 bits per heavy atom. The van der Waals surface area contributed by atoms with E-state index in [1.165, 1.54) is 13.2 Å². The largest absolute Gasteiger partial charge is 0.497 e. The minimum Gasteiger partial charge on any atom is -0.497 e. The molecule has 0 saturated heterocycles. The summed E-state index contributed by atoms with van der Waals surface area (Å²) in [5.41, 5.74) is 0.443. The van der Waals surface area contributed by atoms with Crippen LogP contribution in [-0.4, -0.2) is 20.3 Å². The molecule has 4 heteroatoms. The molecule has 0 aromatic heterocycles. The first-order valence-corrected chi connectivity index (χ1v) is 3.61. The molecule has 0 amide bonds. The van der Waals surface area contributed by atoms with Crippen LogP contribution in [-0.2, 0) is 4.79 Å². The van der Waals surface area contributed by atoms with E-state index >= 15 is 0 Å².